The van der Waals surface area contributed by atoms with Crippen molar-refractivity contribution < 1.29 is 43.2 Å². The van der Waals surface area contributed by atoms with E-state index in [9.17, 15) is 43.2 Å². The lowest BCUT2D eigenvalue weighted by Gasteiger charge is -2.26. The molecule has 1 rings (SSSR count). The molecule has 0 saturated heterocycles. The fourth-order valence-corrected chi connectivity index (χ4v) is 3.43. The van der Waals surface area contributed by atoms with E-state index in [0.29, 0.717) is 6.17 Å². The van der Waals surface area contributed by atoms with Crippen LogP contribution in [0.25, 0.3) is 0 Å². The lowest BCUT2D eigenvalue weighted by atomic mass is 10.3. The van der Waals surface area contributed by atoms with Gasteiger partial charge in [-0.1, -0.05) is 17.5 Å². The molecule has 7 nitrogen and oxygen atoms in total. The van der Waals surface area contributed by atoms with Crippen molar-refractivity contribution in [2.24, 2.45) is 0 Å². The van der Waals surface area contributed by atoms with Crippen LogP contribution in [0.15, 0.2) is 12.4 Å². The molecule has 0 bridgehead atoms. The number of alkyl halides is 6. The highest BCUT2D eigenvalue weighted by Crippen LogP contribution is 2.27. The van der Waals surface area contributed by atoms with Gasteiger partial charge >= 0.3 is 31.1 Å². The van der Waals surface area contributed by atoms with Crippen LogP contribution in [0.1, 0.15) is 26.7 Å². The smallest absolute Gasteiger partial charge is 0.359 e. The first-order chi connectivity index (χ1) is 11.5. The minimum absolute atomic E-state index is 0. The van der Waals surface area contributed by atoms with Gasteiger partial charge in [0.15, 0.2) is 0 Å². The molecule has 1 aliphatic heterocycles. The van der Waals surface area contributed by atoms with E-state index in [1.807, 2.05) is 0 Å². The van der Waals surface area contributed by atoms with E-state index < -0.39 is 35.2 Å². The molecule has 16 heteroatoms. The summed E-state index contributed by atoms with van der Waals surface area (Å²) < 4.78 is 108. The Balaban J connectivity index is 0. The van der Waals surface area contributed by atoms with Crippen LogP contribution in [-0.4, -0.2) is 57.4 Å². The monoisotopic (exact) mass is 471 g/mol. The van der Waals surface area contributed by atoms with E-state index >= 15 is 0 Å². The molecular weight excluding hydrogens is 452 g/mol. The average Bonchev–Trinajstić information content (AvgIpc) is 2.73. The summed E-state index contributed by atoms with van der Waals surface area (Å²) in [6, 6.07) is 0. The molecule has 27 heavy (non-hydrogen) atoms. The summed E-state index contributed by atoms with van der Waals surface area (Å²) in [4.78, 5) is 4.61. The second-order valence-corrected chi connectivity index (χ2v) is 8.77. The van der Waals surface area contributed by atoms with Crippen LogP contribution in [0.2, 0.25) is 0 Å². The summed E-state index contributed by atoms with van der Waals surface area (Å²) in [5, 5.41) is 0. The van der Waals surface area contributed by atoms with E-state index in [1.165, 1.54) is 19.4 Å². The number of nitrogens with one attached hydrogen (secondary N) is 1. The first-order valence-electron chi connectivity index (χ1n) is 7.03. The summed E-state index contributed by atoms with van der Waals surface area (Å²) in [5.74, 6) is 0. The van der Waals surface area contributed by atoms with E-state index in [2.05, 4.69) is 43.1 Å². The average molecular weight is 472 g/mol. The predicted octanol–water partition coefficient (Wildman–Crippen LogP) is 2.55. The van der Waals surface area contributed by atoms with Gasteiger partial charge in [-0.25, -0.2) is 16.8 Å². The lowest BCUT2D eigenvalue weighted by molar-refractivity contribution is -0.0476. The quantitative estimate of drug-likeness (QED) is 0.620. The number of hydrogen-bond donors (Lipinski definition) is 1. The van der Waals surface area contributed by atoms with Gasteiger partial charge in [0.25, 0.3) is 0 Å². The third-order valence-corrected chi connectivity index (χ3v) is 6.14. The van der Waals surface area contributed by atoms with Gasteiger partial charge in [-0.2, -0.15) is 26.3 Å². The number of nitrogens with zero attached hydrogens (tertiary/aromatic N) is 2. The second kappa shape index (κ2) is 10.0. The maximum Gasteiger partial charge on any atom is 0.512 e. The zero-order valence-electron chi connectivity index (χ0n) is 14.4. The van der Waals surface area contributed by atoms with Crippen LogP contribution >= 0.6 is 12.4 Å². The summed E-state index contributed by atoms with van der Waals surface area (Å²) >= 11 is 0. The molecule has 0 aromatic heterocycles. The number of unbranched alkanes of at least 4 members (excludes halogenated alkanes) is 1. The molecule has 0 amide bonds. The van der Waals surface area contributed by atoms with Gasteiger partial charge in [-0.15, -0.1) is 12.4 Å². The molecule has 0 radical (unpaired) electrons. The Morgan fingerprint density at radius 3 is 1.63 bits per heavy atom. The van der Waals surface area contributed by atoms with Crippen LogP contribution in [0.3, 0.4) is 0 Å². The zero-order chi connectivity index (χ0) is 21.0. The van der Waals surface area contributed by atoms with Crippen LogP contribution in [0, 0.1) is 0 Å². The SMILES string of the molecule is CCCCN1C=CN(C)C1C.Cl.O=S(=O)(NS(=O)(=O)C(F)(F)F)C(F)(F)F. The lowest BCUT2D eigenvalue weighted by Crippen LogP contribution is -2.45. The van der Waals surface area contributed by atoms with E-state index in [-0.39, 0.29) is 12.4 Å². The van der Waals surface area contributed by atoms with Gasteiger partial charge < -0.3 is 9.80 Å². The molecule has 164 valence electrons. The van der Waals surface area contributed by atoms with Crippen molar-refractivity contribution >= 4 is 32.5 Å². The highest BCUT2D eigenvalue weighted by molar-refractivity contribution is 8.05. The van der Waals surface area contributed by atoms with Crippen molar-refractivity contribution in [2.75, 3.05) is 13.6 Å². The molecule has 0 aromatic rings. The van der Waals surface area contributed by atoms with Gasteiger partial charge in [0.1, 0.15) is 0 Å². The minimum atomic E-state index is -6.60. The molecule has 1 N–H and O–H groups in total. The second-order valence-electron chi connectivity index (χ2n) is 5.17. The van der Waals surface area contributed by atoms with E-state index in [0.717, 1.165) is 0 Å². The molecule has 0 aromatic carbocycles. The van der Waals surface area contributed by atoms with Crippen LogP contribution in [0.4, 0.5) is 26.3 Å². The van der Waals surface area contributed by atoms with Crippen molar-refractivity contribution in [3.63, 3.8) is 0 Å². The number of halogens is 7. The van der Waals surface area contributed by atoms with Gasteiger partial charge in [0.05, 0.1) is 6.17 Å². The maximum atomic E-state index is 11.5. The van der Waals surface area contributed by atoms with Gasteiger partial charge in [-0.3, -0.25) is 0 Å². The van der Waals surface area contributed by atoms with Crippen molar-refractivity contribution in [1.29, 1.82) is 0 Å². The molecule has 0 saturated carbocycles. The summed E-state index contributed by atoms with van der Waals surface area (Å²) in [7, 11) is -11.1. The Hall–Kier alpha value is -0.930. The van der Waals surface area contributed by atoms with Gasteiger partial charge in [-0.05, 0) is 13.3 Å². The maximum absolute atomic E-state index is 11.5. The third-order valence-electron chi connectivity index (χ3n) is 3.16. The van der Waals surface area contributed by atoms with Crippen molar-refractivity contribution in [3.8, 4) is 0 Å². The van der Waals surface area contributed by atoms with Crippen LogP contribution in [-0.2, 0) is 20.0 Å². The Labute approximate surface area is 159 Å². The van der Waals surface area contributed by atoms with Crippen LogP contribution < -0.4 is 4.13 Å². The van der Waals surface area contributed by atoms with Crippen molar-refractivity contribution in [1.82, 2.24) is 13.9 Å². The molecule has 0 fully saturated rings. The minimum Gasteiger partial charge on any atom is -0.359 e. The Morgan fingerprint density at radius 2 is 1.37 bits per heavy atom. The highest BCUT2D eigenvalue weighted by Gasteiger charge is 2.55. The summed E-state index contributed by atoms with van der Waals surface area (Å²) in [5.41, 5.74) is -12.3. The topological polar surface area (TPSA) is 86.8 Å². The Morgan fingerprint density at radius 1 is 0.963 bits per heavy atom. The largest absolute Gasteiger partial charge is 0.512 e. The summed E-state index contributed by atoms with van der Waals surface area (Å²) in [6.45, 7) is 5.66. The number of rotatable bonds is 5. The molecule has 1 heterocycles. The highest BCUT2D eigenvalue weighted by atomic mass is 35.5. The number of sulfonamides is 2. The molecule has 0 aliphatic carbocycles. The standard InChI is InChI=1S/C9H18N2.C2HF6NO4S2.ClH/c1-4-5-6-11-8-7-10(3)9(11)2;3-1(4,5)14(10,11)9-15(12,13)2(6,7)8;/h7-9H,4-6H2,1-3H3;9H;1H. The fraction of sp³-hybridized carbons (Fsp3) is 0.818. The fourth-order valence-electron chi connectivity index (χ4n) is 1.51. The molecule has 1 unspecified atom stereocenters. The van der Waals surface area contributed by atoms with Crippen molar-refractivity contribution in [2.45, 2.75) is 43.9 Å². The molecule has 1 atom stereocenters. The molecule has 1 aliphatic rings. The normalized spacial score (nSPS) is 18.0. The molecular formula is C11H20ClF6N3O4S2. The van der Waals surface area contributed by atoms with E-state index in [1.54, 1.807) is 0 Å². The third kappa shape index (κ3) is 8.31. The zero-order valence-corrected chi connectivity index (χ0v) is 16.8. The molecule has 0 spiro atoms. The van der Waals surface area contributed by atoms with Crippen LogP contribution in [0.5, 0.6) is 0 Å². The Bertz CT molecular complexity index is 652. The first-order valence-corrected chi connectivity index (χ1v) is 10.00. The van der Waals surface area contributed by atoms with Gasteiger partial charge in [0.2, 0.25) is 0 Å². The first kappa shape index (κ1) is 28.3. The predicted molar refractivity (Wildman–Crippen MR) is 88.3 cm³/mol. The number of hydrogen-bond acceptors (Lipinski definition) is 6. The summed E-state index contributed by atoms with van der Waals surface area (Å²) in [6.07, 6.45) is 7.45. The van der Waals surface area contributed by atoms with Gasteiger partial charge in [0, 0.05) is 26.0 Å². The van der Waals surface area contributed by atoms with Crippen molar-refractivity contribution in [3.05, 3.63) is 12.4 Å². The van der Waals surface area contributed by atoms with E-state index in [4.69, 9.17) is 0 Å². The Kier molecular flexibility index (Phi) is 10.5.